The number of fused-ring (bicyclic) bond motifs is 1. The molecule has 23 heavy (non-hydrogen) atoms. The Labute approximate surface area is 137 Å². The van der Waals surface area contributed by atoms with Gasteiger partial charge in [-0.05, 0) is 23.6 Å². The van der Waals surface area contributed by atoms with E-state index >= 15 is 0 Å². The molecule has 1 saturated heterocycles. The van der Waals surface area contributed by atoms with Gasteiger partial charge in [0.15, 0.2) is 0 Å². The van der Waals surface area contributed by atoms with Gasteiger partial charge in [-0.3, -0.25) is 4.90 Å². The molecule has 2 aromatic carbocycles. The quantitative estimate of drug-likeness (QED) is 0.775. The Morgan fingerprint density at radius 3 is 2.74 bits per heavy atom. The molecular weight excluding hydrogens is 282 g/mol. The molecule has 1 aliphatic rings. The van der Waals surface area contributed by atoms with Crippen LogP contribution in [-0.4, -0.2) is 35.6 Å². The van der Waals surface area contributed by atoms with Crippen LogP contribution in [0.1, 0.15) is 11.1 Å². The van der Waals surface area contributed by atoms with E-state index in [9.17, 15) is 0 Å². The molecule has 2 N–H and O–H groups in total. The normalized spacial score (nSPS) is 19.2. The number of H-pyrrole nitrogens is 1. The number of hydrogen-bond donors (Lipinski definition) is 2. The number of hydrogen-bond acceptors (Lipinski definition) is 2. The predicted molar refractivity (Wildman–Crippen MR) is 95.5 cm³/mol. The first-order valence-corrected chi connectivity index (χ1v) is 8.44. The summed E-state index contributed by atoms with van der Waals surface area (Å²) >= 11 is 0. The molecular formula is C20H23N3. The number of aromatic amines is 1. The average Bonchev–Trinajstić information content (AvgIpc) is 3.01. The first-order chi connectivity index (χ1) is 11.4. The van der Waals surface area contributed by atoms with Gasteiger partial charge in [-0.15, -0.1) is 0 Å². The minimum atomic E-state index is 0.555. The van der Waals surface area contributed by atoms with Crippen LogP contribution in [0.25, 0.3) is 10.9 Å². The van der Waals surface area contributed by atoms with Crippen LogP contribution >= 0.6 is 0 Å². The summed E-state index contributed by atoms with van der Waals surface area (Å²) in [5.74, 6) is 0. The van der Waals surface area contributed by atoms with Crippen LogP contribution in [0.15, 0.2) is 60.8 Å². The van der Waals surface area contributed by atoms with Gasteiger partial charge in [0, 0.05) is 49.3 Å². The summed E-state index contributed by atoms with van der Waals surface area (Å²) in [5.41, 5.74) is 4.06. The molecule has 0 spiro atoms. The third-order valence-electron chi connectivity index (χ3n) is 4.83. The van der Waals surface area contributed by atoms with Gasteiger partial charge in [0.2, 0.25) is 0 Å². The minimum Gasteiger partial charge on any atom is -0.361 e. The van der Waals surface area contributed by atoms with Crippen molar-refractivity contribution in [1.82, 2.24) is 15.2 Å². The molecule has 3 aromatic rings. The van der Waals surface area contributed by atoms with Crippen molar-refractivity contribution in [3.8, 4) is 0 Å². The highest BCUT2D eigenvalue weighted by molar-refractivity contribution is 5.82. The topological polar surface area (TPSA) is 31.1 Å². The summed E-state index contributed by atoms with van der Waals surface area (Å²) in [5, 5.41) is 4.90. The largest absolute Gasteiger partial charge is 0.361 e. The summed E-state index contributed by atoms with van der Waals surface area (Å²) in [6.07, 6.45) is 3.28. The van der Waals surface area contributed by atoms with Gasteiger partial charge in [0.05, 0.1) is 0 Å². The molecule has 0 aliphatic carbocycles. The fourth-order valence-corrected chi connectivity index (χ4v) is 3.58. The zero-order chi connectivity index (χ0) is 15.5. The standard InChI is InChI=1S/C20H23N3/c1-2-6-16(7-3-1)12-18-14-21-10-11-23(18)15-17-13-22-20-9-5-4-8-19(17)20/h1-9,13,18,21-22H,10-12,14-15H2. The lowest BCUT2D eigenvalue weighted by Crippen LogP contribution is -2.51. The Hall–Kier alpha value is -2.10. The Morgan fingerprint density at radius 1 is 1.00 bits per heavy atom. The lowest BCUT2D eigenvalue weighted by molar-refractivity contribution is 0.152. The van der Waals surface area contributed by atoms with Crippen molar-refractivity contribution in [1.29, 1.82) is 0 Å². The molecule has 0 amide bonds. The summed E-state index contributed by atoms with van der Waals surface area (Å²) in [7, 11) is 0. The van der Waals surface area contributed by atoms with E-state index in [4.69, 9.17) is 0 Å². The fourth-order valence-electron chi connectivity index (χ4n) is 3.58. The van der Waals surface area contributed by atoms with Crippen molar-refractivity contribution in [2.45, 2.75) is 19.0 Å². The average molecular weight is 305 g/mol. The highest BCUT2D eigenvalue weighted by atomic mass is 15.2. The Morgan fingerprint density at radius 2 is 1.83 bits per heavy atom. The molecule has 3 heteroatoms. The van der Waals surface area contributed by atoms with Crippen LogP contribution < -0.4 is 5.32 Å². The maximum absolute atomic E-state index is 3.55. The number of aromatic nitrogens is 1. The molecule has 4 rings (SSSR count). The summed E-state index contributed by atoms with van der Waals surface area (Å²) < 4.78 is 0. The number of para-hydroxylation sites is 1. The number of piperazine rings is 1. The molecule has 2 heterocycles. The summed E-state index contributed by atoms with van der Waals surface area (Å²) in [6, 6.07) is 20.0. The van der Waals surface area contributed by atoms with Crippen molar-refractivity contribution >= 4 is 10.9 Å². The highest BCUT2D eigenvalue weighted by Gasteiger charge is 2.23. The van der Waals surface area contributed by atoms with Gasteiger partial charge in [0.1, 0.15) is 0 Å². The zero-order valence-corrected chi connectivity index (χ0v) is 13.3. The predicted octanol–water partition coefficient (Wildman–Crippen LogP) is 3.18. The maximum Gasteiger partial charge on any atom is 0.0457 e. The third kappa shape index (κ3) is 3.16. The van der Waals surface area contributed by atoms with E-state index < -0.39 is 0 Å². The van der Waals surface area contributed by atoms with Gasteiger partial charge in [-0.25, -0.2) is 0 Å². The van der Waals surface area contributed by atoms with Crippen LogP contribution in [-0.2, 0) is 13.0 Å². The second-order valence-corrected chi connectivity index (χ2v) is 6.38. The van der Waals surface area contributed by atoms with Crippen LogP contribution in [0.5, 0.6) is 0 Å². The number of benzene rings is 2. The molecule has 118 valence electrons. The van der Waals surface area contributed by atoms with Gasteiger partial charge in [-0.2, -0.15) is 0 Å². The summed E-state index contributed by atoms with van der Waals surface area (Å²) in [6.45, 7) is 4.27. The SMILES string of the molecule is c1ccc(CC2CNCCN2Cc2c[nH]c3ccccc23)cc1. The van der Waals surface area contributed by atoms with E-state index in [0.29, 0.717) is 6.04 Å². The Balaban J connectivity index is 1.53. The van der Waals surface area contributed by atoms with Crippen molar-refractivity contribution in [3.63, 3.8) is 0 Å². The second-order valence-electron chi connectivity index (χ2n) is 6.38. The van der Waals surface area contributed by atoms with Crippen LogP contribution in [0, 0.1) is 0 Å². The fraction of sp³-hybridized carbons (Fsp3) is 0.300. The van der Waals surface area contributed by atoms with Gasteiger partial charge >= 0.3 is 0 Å². The van der Waals surface area contributed by atoms with E-state index in [2.05, 4.69) is 76.0 Å². The zero-order valence-electron chi connectivity index (χ0n) is 13.3. The van der Waals surface area contributed by atoms with Gasteiger partial charge in [0.25, 0.3) is 0 Å². The van der Waals surface area contributed by atoms with E-state index in [0.717, 1.165) is 32.6 Å². The monoisotopic (exact) mass is 305 g/mol. The van der Waals surface area contributed by atoms with Crippen molar-refractivity contribution in [2.75, 3.05) is 19.6 Å². The lowest BCUT2D eigenvalue weighted by Gasteiger charge is -2.36. The number of nitrogens with zero attached hydrogens (tertiary/aromatic N) is 1. The van der Waals surface area contributed by atoms with E-state index in [1.165, 1.54) is 22.0 Å². The molecule has 1 fully saturated rings. The smallest absolute Gasteiger partial charge is 0.0457 e. The molecule has 0 bridgehead atoms. The Bertz CT molecular complexity index is 763. The molecule has 1 unspecified atom stereocenters. The van der Waals surface area contributed by atoms with Crippen LogP contribution in [0.2, 0.25) is 0 Å². The number of rotatable bonds is 4. The first kappa shape index (κ1) is 14.5. The van der Waals surface area contributed by atoms with Crippen molar-refractivity contribution in [3.05, 3.63) is 71.9 Å². The molecule has 1 aliphatic heterocycles. The number of nitrogens with one attached hydrogen (secondary N) is 2. The lowest BCUT2D eigenvalue weighted by atomic mass is 10.0. The molecule has 1 atom stereocenters. The van der Waals surface area contributed by atoms with Crippen LogP contribution in [0.4, 0.5) is 0 Å². The molecule has 3 nitrogen and oxygen atoms in total. The molecule has 0 radical (unpaired) electrons. The first-order valence-electron chi connectivity index (χ1n) is 8.44. The van der Waals surface area contributed by atoms with E-state index in [-0.39, 0.29) is 0 Å². The van der Waals surface area contributed by atoms with Gasteiger partial charge < -0.3 is 10.3 Å². The minimum absolute atomic E-state index is 0.555. The summed E-state index contributed by atoms with van der Waals surface area (Å²) in [4.78, 5) is 6.02. The van der Waals surface area contributed by atoms with Crippen molar-refractivity contribution in [2.24, 2.45) is 0 Å². The van der Waals surface area contributed by atoms with Gasteiger partial charge in [-0.1, -0.05) is 48.5 Å². The van der Waals surface area contributed by atoms with Crippen LogP contribution in [0.3, 0.4) is 0 Å². The third-order valence-corrected chi connectivity index (χ3v) is 4.83. The second kappa shape index (κ2) is 6.57. The van der Waals surface area contributed by atoms with Crippen molar-refractivity contribution < 1.29 is 0 Å². The Kier molecular flexibility index (Phi) is 4.14. The maximum atomic E-state index is 3.55. The highest BCUT2D eigenvalue weighted by Crippen LogP contribution is 2.21. The van der Waals surface area contributed by atoms with E-state index in [1.54, 1.807) is 0 Å². The molecule has 1 aromatic heterocycles. The van der Waals surface area contributed by atoms with E-state index in [1.807, 2.05) is 0 Å². The molecule has 0 saturated carbocycles.